The van der Waals surface area contributed by atoms with Gasteiger partial charge in [0.25, 0.3) is 11.7 Å². The van der Waals surface area contributed by atoms with Crippen molar-refractivity contribution >= 4 is 11.9 Å². The largest absolute Gasteiger partial charge is 0.481 e. The number of carbonyl (C=O) groups excluding carboxylic acids is 1. The average Bonchev–Trinajstić information content (AvgIpc) is 3.07. The molecule has 1 aliphatic rings. The molecule has 2 rings (SSSR count). The first-order valence-corrected chi connectivity index (χ1v) is 6.59. The van der Waals surface area contributed by atoms with Gasteiger partial charge >= 0.3 is 5.97 Å². The third-order valence-corrected chi connectivity index (χ3v) is 3.50. The number of nitrogens with one attached hydrogen (secondary N) is 2. The lowest BCUT2D eigenvalue weighted by Crippen LogP contribution is -2.40. The maximum atomic E-state index is 11.9. The van der Waals surface area contributed by atoms with Crippen LogP contribution in [0, 0.1) is 5.92 Å². The highest BCUT2D eigenvalue weighted by molar-refractivity contribution is 5.90. The van der Waals surface area contributed by atoms with Crippen LogP contribution in [0.15, 0.2) is 4.52 Å². The zero-order chi connectivity index (χ0) is 14.7. The molecule has 1 aliphatic heterocycles. The van der Waals surface area contributed by atoms with Crippen molar-refractivity contribution in [2.75, 3.05) is 6.54 Å². The fraction of sp³-hybridized carbons (Fsp3) is 0.667. The topological polar surface area (TPSA) is 117 Å². The summed E-state index contributed by atoms with van der Waals surface area (Å²) in [5.41, 5.74) is 0. The quantitative estimate of drug-likeness (QED) is 0.712. The summed E-state index contributed by atoms with van der Waals surface area (Å²) < 4.78 is 5.06. The van der Waals surface area contributed by atoms with Crippen molar-refractivity contribution in [2.45, 2.75) is 38.8 Å². The van der Waals surface area contributed by atoms with E-state index in [1.54, 1.807) is 6.92 Å². The zero-order valence-corrected chi connectivity index (χ0v) is 11.4. The molecule has 0 aliphatic carbocycles. The van der Waals surface area contributed by atoms with Crippen LogP contribution in [-0.2, 0) is 4.79 Å². The second-order valence-electron chi connectivity index (χ2n) is 4.99. The van der Waals surface area contributed by atoms with Gasteiger partial charge in [0.2, 0.25) is 5.89 Å². The normalized spacial score (nSPS) is 21.4. The van der Waals surface area contributed by atoms with Crippen LogP contribution >= 0.6 is 0 Å². The molecule has 8 heteroatoms. The third kappa shape index (κ3) is 3.13. The number of hydrogen-bond acceptors (Lipinski definition) is 6. The van der Waals surface area contributed by atoms with Crippen molar-refractivity contribution in [3.8, 4) is 0 Å². The summed E-state index contributed by atoms with van der Waals surface area (Å²) in [6.45, 7) is 4.04. The summed E-state index contributed by atoms with van der Waals surface area (Å²) >= 11 is 0. The molecule has 110 valence electrons. The van der Waals surface area contributed by atoms with E-state index >= 15 is 0 Å². The van der Waals surface area contributed by atoms with Crippen LogP contribution in [0.5, 0.6) is 0 Å². The molecule has 2 heterocycles. The number of hydrogen-bond donors (Lipinski definition) is 3. The number of carbonyl (C=O) groups is 2. The molecule has 3 N–H and O–H groups in total. The molecule has 1 amide bonds. The minimum atomic E-state index is -0.971. The number of carboxylic acids is 1. The molecular formula is C12H18N4O4. The SMILES string of the molecule is CC(NC(=O)c1noc(C2CCCN2)n1)C(C)C(=O)O. The molecule has 0 radical (unpaired) electrons. The molecule has 3 atom stereocenters. The molecule has 0 aromatic carbocycles. The predicted octanol–water partition coefficient (Wildman–Crippen LogP) is 0.333. The lowest BCUT2D eigenvalue weighted by Gasteiger charge is -2.16. The molecule has 0 spiro atoms. The molecule has 1 aromatic rings. The van der Waals surface area contributed by atoms with Gasteiger partial charge in [0.15, 0.2) is 0 Å². The van der Waals surface area contributed by atoms with E-state index in [2.05, 4.69) is 20.8 Å². The van der Waals surface area contributed by atoms with Crippen LogP contribution in [0.1, 0.15) is 49.2 Å². The molecule has 0 bridgehead atoms. The number of rotatable bonds is 5. The average molecular weight is 282 g/mol. The smallest absolute Gasteiger partial charge is 0.308 e. The van der Waals surface area contributed by atoms with Crippen molar-refractivity contribution in [1.82, 2.24) is 20.8 Å². The third-order valence-electron chi connectivity index (χ3n) is 3.50. The first-order valence-electron chi connectivity index (χ1n) is 6.59. The summed E-state index contributed by atoms with van der Waals surface area (Å²) in [5, 5.41) is 18.3. The fourth-order valence-electron chi connectivity index (χ4n) is 1.97. The lowest BCUT2D eigenvalue weighted by atomic mass is 10.0. The van der Waals surface area contributed by atoms with Crippen molar-refractivity contribution in [1.29, 1.82) is 0 Å². The number of nitrogens with zero attached hydrogens (tertiary/aromatic N) is 2. The standard InChI is InChI=1S/C12H18N4O4/c1-6(12(18)19)7(2)14-10(17)9-15-11(20-16-9)8-4-3-5-13-8/h6-8,13H,3-5H2,1-2H3,(H,14,17)(H,18,19). The Labute approximate surface area is 115 Å². The van der Waals surface area contributed by atoms with Gasteiger partial charge in [-0.15, -0.1) is 0 Å². The Morgan fingerprint density at radius 1 is 1.50 bits per heavy atom. The van der Waals surface area contributed by atoms with Crippen molar-refractivity contribution in [2.24, 2.45) is 5.92 Å². The van der Waals surface area contributed by atoms with Gasteiger partial charge in [-0.05, 0) is 33.2 Å². The molecule has 8 nitrogen and oxygen atoms in total. The predicted molar refractivity (Wildman–Crippen MR) is 68.0 cm³/mol. The van der Waals surface area contributed by atoms with Gasteiger partial charge < -0.3 is 20.3 Å². The Hall–Kier alpha value is -1.96. The van der Waals surface area contributed by atoms with Gasteiger partial charge in [0.1, 0.15) is 0 Å². The van der Waals surface area contributed by atoms with Crippen LogP contribution < -0.4 is 10.6 Å². The minimum Gasteiger partial charge on any atom is -0.481 e. The van der Waals surface area contributed by atoms with Crippen molar-refractivity contribution < 1.29 is 19.2 Å². The minimum absolute atomic E-state index is 0.000540. The number of amides is 1. The second kappa shape index (κ2) is 6.00. The van der Waals surface area contributed by atoms with E-state index in [9.17, 15) is 9.59 Å². The molecular weight excluding hydrogens is 264 g/mol. The molecule has 3 unspecified atom stereocenters. The van der Waals surface area contributed by atoms with E-state index < -0.39 is 23.8 Å². The van der Waals surface area contributed by atoms with Gasteiger partial charge in [-0.25, -0.2) is 0 Å². The molecule has 1 fully saturated rings. The second-order valence-corrected chi connectivity index (χ2v) is 4.99. The van der Waals surface area contributed by atoms with Crippen LogP contribution in [0.2, 0.25) is 0 Å². The van der Waals surface area contributed by atoms with Gasteiger partial charge in [0.05, 0.1) is 12.0 Å². The van der Waals surface area contributed by atoms with Gasteiger partial charge in [-0.2, -0.15) is 4.98 Å². The van der Waals surface area contributed by atoms with E-state index in [4.69, 9.17) is 9.63 Å². The highest BCUT2D eigenvalue weighted by Crippen LogP contribution is 2.21. The summed E-state index contributed by atoms with van der Waals surface area (Å²) in [6, 6.07) is -0.522. The van der Waals surface area contributed by atoms with Crippen LogP contribution in [0.25, 0.3) is 0 Å². The fourth-order valence-corrected chi connectivity index (χ4v) is 1.97. The van der Waals surface area contributed by atoms with Crippen LogP contribution in [0.4, 0.5) is 0 Å². The van der Waals surface area contributed by atoms with Gasteiger partial charge in [-0.3, -0.25) is 9.59 Å². The Balaban J connectivity index is 1.97. The first-order chi connectivity index (χ1) is 9.49. The highest BCUT2D eigenvalue weighted by atomic mass is 16.5. The Bertz CT molecular complexity index is 495. The molecule has 0 saturated carbocycles. The van der Waals surface area contributed by atoms with Gasteiger partial charge in [-0.1, -0.05) is 5.16 Å². The Morgan fingerprint density at radius 2 is 2.25 bits per heavy atom. The summed E-state index contributed by atoms with van der Waals surface area (Å²) in [6.07, 6.45) is 1.93. The lowest BCUT2D eigenvalue weighted by molar-refractivity contribution is -0.141. The van der Waals surface area contributed by atoms with Crippen LogP contribution in [-0.4, -0.2) is 39.7 Å². The summed E-state index contributed by atoms with van der Waals surface area (Å²) in [7, 11) is 0. The molecule has 1 aromatic heterocycles. The first kappa shape index (κ1) is 14.4. The van der Waals surface area contributed by atoms with E-state index in [1.165, 1.54) is 6.92 Å². The monoisotopic (exact) mass is 282 g/mol. The summed E-state index contributed by atoms with van der Waals surface area (Å²) in [5.74, 6) is -1.87. The number of aliphatic carboxylic acids is 1. The molecule has 20 heavy (non-hydrogen) atoms. The maximum Gasteiger partial charge on any atom is 0.308 e. The molecule has 1 saturated heterocycles. The van der Waals surface area contributed by atoms with E-state index in [0.29, 0.717) is 5.89 Å². The van der Waals surface area contributed by atoms with Crippen molar-refractivity contribution in [3.63, 3.8) is 0 Å². The zero-order valence-electron chi connectivity index (χ0n) is 11.4. The number of aromatic nitrogens is 2. The van der Waals surface area contributed by atoms with Crippen molar-refractivity contribution in [3.05, 3.63) is 11.7 Å². The number of carboxylic acid groups (broad SMARTS) is 1. The Kier molecular flexibility index (Phi) is 4.33. The highest BCUT2D eigenvalue weighted by Gasteiger charge is 2.26. The summed E-state index contributed by atoms with van der Waals surface area (Å²) in [4.78, 5) is 26.8. The Morgan fingerprint density at radius 3 is 2.85 bits per heavy atom. The van der Waals surface area contributed by atoms with E-state index in [1.807, 2.05) is 0 Å². The van der Waals surface area contributed by atoms with Crippen LogP contribution in [0.3, 0.4) is 0 Å². The van der Waals surface area contributed by atoms with E-state index in [0.717, 1.165) is 19.4 Å². The van der Waals surface area contributed by atoms with Gasteiger partial charge in [0, 0.05) is 6.04 Å². The maximum absolute atomic E-state index is 11.9. The van der Waals surface area contributed by atoms with E-state index in [-0.39, 0.29) is 11.9 Å².